The smallest absolute Gasteiger partial charge is 0.120 e. The molecule has 3 rings (SSSR count). The first-order chi connectivity index (χ1) is 9.72. The number of hydrogen-bond donors (Lipinski definition) is 0. The molecule has 2 aromatic carbocycles. The van der Waals surface area contributed by atoms with Crippen molar-refractivity contribution in [2.24, 2.45) is 0 Å². The number of aryl methyl sites for hydroxylation is 1. The van der Waals surface area contributed by atoms with Crippen molar-refractivity contribution in [3.63, 3.8) is 0 Å². The number of halogens is 1. The summed E-state index contributed by atoms with van der Waals surface area (Å²) >= 11 is 3.48. The number of ether oxygens (including phenoxy) is 1. The second-order valence-electron chi connectivity index (χ2n) is 5.22. The highest BCUT2D eigenvalue weighted by atomic mass is 79.9. The fourth-order valence-corrected chi connectivity index (χ4v) is 3.07. The molecule has 20 heavy (non-hydrogen) atoms. The zero-order valence-corrected chi connectivity index (χ0v) is 13.1. The number of rotatable bonds is 3. The van der Waals surface area contributed by atoms with Crippen LogP contribution in [0.1, 0.15) is 12.0 Å². The van der Waals surface area contributed by atoms with E-state index in [1.807, 2.05) is 24.3 Å². The molecule has 1 fully saturated rings. The van der Waals surface area contributed by atoms with Gasteiger partial charge in [0.1, 0.15) is 11.9 Å². The highest BCUT2D eigenvalue weighted by Crippen LogP contribution is 2.27. The van der Waals surface area contributed by atoms with E-state index < -0.39 is 0 Å². The molecule has 0 bridgehead atoms. The predicted molar refractivity (Wildman–Crippen MR) is 86.6 cm³/mol. The largest absolute Gasteiger partial charge is 0.488 e. The average Bonchev–Trinajstić information content (AvgIpc) is 2.87. The molecule has 0 aliphatic carbocycles. The zero-order valence-electron chi connectivity index (χ0n) is 11.6. The number of hydrogen-bond acceptors (Lipinski definition) is 2. The number of anilines is 1. The van der Waals surface area contributed by atoms with E-state index in [0.717, 1.165) is 29.7 Å². The Morgan fingerprint density at radius 2 is 2.00 bits per heavy atom. The third-order valence-electron chi connectivity index (χ3n) is 3.70. The van der Waals surface area contributed by atoms with Gasteiger partial charge in [-0.1, -0.05) is 40.2 Å². The van der Waals surface area contributed by atoms with E-state index >= 15 is 0 Å². The summed E-state index contributed by atoms with van der Waals surface area (Å²) in [5.74, 6) is 0.941. The summed E-state index contributed by atoms with van der Waals surface area (Å²) in [4.78, 5) is 2.41. The summed E-state index contributed by atoms with van der Waals surface area (Å²) in [6, 6.07) is 16.6. The lowest BCUT2D eigenvalue weighted by atomic mass is 10.2. The van der Waals surface area contributed by atoms with Crippen LogP contribution in [0.4, 0.5) is 5.69 Å². The van der Waals surface area contributed by atoms with Crippen molar-refractivity contribution in [3.05, 3.63) is 58.6 Å². The monoisotopic (exact) mass is 331 g/mol. The van der Waals surface area contributed by atoms with Crippen LogP contribution in [0.2, 0.25) is 0 Å². The molecule has 2 nitrogen and oxygen atoms in total. The van der Waals surface area contributed by atoms with E-state index in [2.05, 4.69) is 52.0 Å². The van der Waals surface area contributed by atoms with E-state index in [-0.39, 0.29) is 6.10 Å². The van der Waals surface area contributed by atoms with Gasteiger partial charge in [0.25, 0.3) is 0 Å². The topological polar surface area (TPSA) is 12.5 Å². The van der Waals surface area contributed by atoms with Gasteiger partial charge in [-0.05, 0) is 36.8 Å². The molecule has 0 amide bonds. The second-order valence-corrected chi connectivity index (χ2v) is 6.13. The Bertz CT molecular complexity index is 599. The minimum Gasteiger partial charge on any atom is -0.488 e. The first kappa shape index (κ1) is 13.5. The molecule has 1 heterocycles. The van der Waals surface area contributed by atoms with Crippen molar-refractivity contribution in [2.45, 2.75) is 19.4 Å². The van der Waals surface area contributed by atoms with Gasteiger partial charge < -0.3 is 9.64 Å². The lowest BCUT2D eigenvalue weighted by Gasteiger charge is -2.21. The Labute approximate surface area is 128 Å². The molecule has 0 aromatic heterocycles. The van der Waals surface area contributed by atoms with Crippen molar-refractivity contribution in [2.75, 3.05) is 18.0 Å². The summed E-state index contributed by atoms with van der Waals surface area (Å²) in [5.41, 5.74) is 2.66. The van der Waals surface area contributed by atoms with Crippen LogP contribution >= 0.6 is 15.9 Å². The molecule has 0 spiro atoms. The quantitative estimate of drug-likeness (QED) is 0.825. The molecule has 1 aliphatic heterocycles. The van der Waals surface area contributed by atoms with E-state index in [1.165, 1.54) is 11.3 Å². The van der Waals surface area contributed by atoms with Gasteiger partial charge in [-0.15, -0.1) is 0 Å². The van der Waals surface area contributed by atoms with Crippen LogP contribution in [-0.2, 0) is 0 Å². The van der Waals surface area contributed by atoms with Crippen LogP contribution in [-0.4, -0.2) is 19.2 Å². The Morgan fingerprint density at radius 3 is 2.80 bits per heavy atom. The van der Waals surface area contributed by atoms with Crippen LogP contribution in [0.25, 0.3) is 0 Å². The van der Waals surface area contributed by atoms with Crippen LogP contribution in [0.3, 0.4) is 0 Å². The molecule has 2 aromatic rings. The highest BCUT2D eigenvalue weighted by molar-refractivity contribution is 9.10. The van der Waals surface area contributed by atoms with Gasteiger partial charge in [0.2, 0.25) is 0 Å². The maximum atomic E-state index is 6.08. The Balaban J connectivity index is 1.67. The highest BCUT2D eigenvalue weighted by Gasteiger charge is 2.24. The molecule has 0 radical (unpaired) electrons. The van der Waals surface area contributed by atoms with E-state index in [9.17, 15) is 0 Å². The molecule has 1 aliphatic rings. The molecule has 104 valence electrons. The van der Waals surface area contributed by atoms with Crippen LogP contribution in [0, 0.1) is 6.92 Å². The molecule has 1 unspecified atom stereocenters. The summed E-state index contributed by atoms with van der Waals surface area (Å²) < 4.78 is 7.14. The average molecular weight is 332 g/mol. The third-order valence-corrected chi connectivity index (χ3v) is 4.19. The standard InChI is InChI=1S/C17H18BrNO/c1-13-5-2-3-8-17(13)19-10-9-16(12-19)20-15-7-4-6-14(18)11-15/h2-8,11,16H,9-10,12H2,1H3. The zero-order chi connectivity index (χ0) is 13.9. The minimum absolute atomic E-state index is 0.268. The maximum Gasteiger partial charge on any atom is 0.120 e. The van der Waals surface area contributed by atoms with Crippen molar-refractivity contribution in [3.8, 4) is 5.75 Å². The lowest BCUT2D eigenvalue weighted by Crippen LogP contribution is -2.25. The third kappa shape index (κ3) is 2.98. The number of nitrogens with zero attached hydrogens (tertiary/aromatic N) is 1. The van der Waals surface area contributed by atoms with E-state index in [1.54, 1.807) is 0 Å². The van der Waals surface area contributed by atoms with Crippen molar-refractivity contribution < 1.29 is 4.74 Å². The molecule has 1 atom stereocenters. The van der Waals surface area contributed by atoms with Crippen LogP contribution in [0.5, 0.6) is 5.75 Å². The fourth-order valence-electron chi connectivity index (χ4n) is 2.69. The Morgan fingerprint density at radius 1 is 1.15 bits per heavy atom. The molecule has 0 saturated carbocycles. The van der Waals surface area contributed by atoms with Crippen LogP contribution < -0.4 is 9.64 Å². The summed E-state index contributed by atoms with van der Waals surface area (Å²) in [6.07, 6.45) is 1.34. The Hall–Kier alpha value is -1.48. The molecule has 3 heteroatoms. The summed E-state index contributed by atoms with van der Waals surface area (Å²) in [6.45, 7) is 4.18. The van der Waals surface area contributed by atoms with Gasteiger partial charge >= 0.3 is 0 Å². The molecule has 1 saturated heterocycles. The molecule has 0 N–H and O–H groups in total. The summed E-state index contributed by atoms with van der Waals surface area (Å²) in [5, 5.41) is 0. The van der Waals surface area contributed by atoms with Gasteiger partial charge in [0.05, 0.1) is 6.54 Å². The van der Waals surface area contributed by atoms with Gasteiger partial charge in [0.15, 0.2) is 0 Å². The number of benzene rings is 2. The SMILES string of the molecule is Cc1ccccc1N1CCC(Oc2cccc(Br)c2)C1. The lowest BCUT2D eigenvalue weighted by molar-refractivity contribution is 0.225. The normalized spacial score (nSPS) is 18.3. The van der Waals surface area contributed by atoms with Gasteiger partial charge in [-0.2, -0.15) is 0 Å². The number of para-hydroxylation sites is 1. The first-order valence-corrected chi connectivity index (χ1v) is 7.74. The van der Waals surface area contributed by atoms with Crippen molar-refractivity contribution in [1.29, 1.82) is 0 Å². The van der Waals surface area contributed by atoms with Gasteiger partial charge in [-0.3, -0.25) is 0 Å². The van der Waals surface area contributed by atoms with E-state index in [0.29, 0.717) is 0 Å². The van der Waals surface area contributed by atoms with Gasteiger partial charge in [0, 0.05) is 23.1 Å². The molecular weight excluding hydrogens is 314 g/mol. The predicted octanol–water partition coefficient (Wildman–Crippen LogP) is 4.42. The fraction of sp³-hybridized carbons (Fsp3) is 0.294. The summed E-state index contributed by atoms with van der Waals surface area (Å²) in [7, 11) is 0. The maximum absolute atomic E-state index is 6.08. The molecular formula is C17H18BrNO. The van der Waals surface area contributed by atoms with E-state index in [4.69, 9.17) is 4.74 Å². The van der Waals surface area contributed by atoms with Crippen molar-refractivity contribution >= 4 is 21.6 Å². The van der Waals surface area contributed by atoms with Crippen molar-refractivity contribution in [1.82, 2.24) is 0 Å². The van der Waals surface area contributed by atoms with Crippen LogP contribution in [0.15, 0.2) is 53.0 Å². The first-order valence-electron chi connectivity index (χ1n) is 6.95. The second kappa shape index (κ2) is 5.88. The van der Waals surface area contributed by atoms with Gasteiger partial charge in [-0.25, -0.2) is 0 Å². The Kier molecular flexibility index (Phi) is 3.97. The minimum atomic E-state index is 0.268.